The van der Waals surface area contributed by atoms with E-state index in [9.17, 15) is 18.5 Å². The van der Waals surface area contributed by atoms with Gasteiger partial charge in [-0.2, -0.15) is 4.31 Å². The normalized spacial score (nSPS) is 15.5. The molecular weight excluding hydrogens is 370 g/mol. The van der Waals surface area contributed by atoms with Crippen LogP contribution in [0.4, 0.5) is 17.1 Å². The molecule has 1 aliphatic heterocycles. The molecule has 0 radical (unpaired) electrons. The molecule has 0 unspecified atom stereocenters. The zero-order valence-electron chi connectivity index (χ0n) is 15.1. The maximum atomic E-state index is 12.8. The third kappa shape index (κ3) is 4.10. The van der Waals surface area contributed by atoms with Crippen LogP contribution in [0.5, 0.6) is 0 Å². The highest BCUT2D eigenvalue weighted by Gasteiger charge is 2.29. The number of nitro benzene ring substituents is 1. The maximum absolute atomic E-state index is 12.8. The predicted octanol–water partition coefficient (Wildman–Crippen LogP) is 2.98. The van der Waals surface area contributed by atoms with Gasteiger partial charge in [-0.3, -0.25) is 10.1 Å². The first-order chi connectivity index (χ1) is 12.8. The highest BCUT2D eigenvalue weighted by Crippen LogP contribution is 2.32. The average molecular weight is 391 g/mol. The van der Waals surface area contributed by atoms with Crippen molar-refractivity contribution in [3.8, 4) is 0 Å². The van der Waals surface area contributed by atoms with Gasteiger partial charge in [0.25, 0.3) is 5.69 Å². The van der Waals surface area contributed by atoms with E-state index < -0.39 is 14.9 Å². The summed E-state index contributed by atoms with van der Waals surface area (Å²) in [6.07, 6.45) is 0. The molecule has 2 aromatic carbocycles. The molecule has 0 aliphatic carbocycles. The Bertz CT molecular complexity index is 969. The fourth-order valence-corrected chi connectivity index (χ4v) is 4.31. The monoisotopic (exact) mass is 391 g/mol. The Kier molecular flexibility index (Phi) is 5.45. The number of aryl methyl sites for hydroxylation is 2. The standard InChI is InChI=1S/C18H21N3O5S/c1-13-3-4-14(2)17(11-13)19-16-6-5-15(12-18(16)21(22)23)27(24,25)20-7-9-26-10-8-20/h3-6,11-12,19H,7-10H2,1-2H3. The summed E-state index contributed by atoms with van der Waals surface area (Å²) in [4.78, 5) is 10.9. The number of benzene rings is 2. The van der Waals surface area contributed by atoms with Crippen molar-refractivity contribution in [2.24, 2.45) is 0 Å². The molecular formula is C18H21N3O5S. The van der Waals surface area contributed by atoms with Crippen LogP contribution < -0.4 is 5.32 Å². The van der Waals surface area contributed by atoms with Gasteiger partial charge in [0, 0.05) is 24.8 Å². The number of hydrogen-bond acceptors (Lipinski definition) is 6. The fourth-order valence-electron chi connectivity index (χ4n) is 2.88. The molecule has 0 spiro atoms. The highest BCUT2D eigenvalue weighted by atomic mass is 32.2. The molecule has 0 bridgehead atoms. The van der Waals surface area contributed by atoms with Gasteiger partial charge in [-0.1, -0.05) is 12.1 Å². The van der Waals surface area contributed by atoms with Gasteiger partial charge < -0.3 is 10.1 Å². The van der Waals surface area contributed by atoms with Gasteiger partial charge >= 0.3 is 0 Å². The summed E-state index contributed by atoms with van der Waals surface area (Å²) in [5, 5.41) is 14.6. The number of nitrogens with zero attached hydrogens (tertiary/aromatic N) is 2. The third-order valence-electron chi connectivity index (χ3n) is 4.44. The Balaban J connectivity index is 1.98. The first-order valence-electron chi connectivity index (χ1n) is 8.49. The summed E-state index contributed by atoms with van der Waals surface area (Å²) in [6.45, 7) is 4.92. The molecule has 27 heavy (non-hydrogen) atoms. The summed E-state index contributed by atoms with van der Waals surface area (Å²) >= 11 is 0. The molecule has 9 heteroatoms. The largest absolute Gasteiger partial charge is 0.379 e. The summed E-state index contributed by atoms with van der Waals surface area (Å²) in [5.74, 6) is 0. The van der Waals surface area contributed by atoms with E-state index in [1.165, 1.54) is 16.4 Å². The Morgan fingerprint density at radius 2 is 1.78 bits per heavy atom. The van der Waals surface area contributed by atoms with E-state index in [0.29, 0.717) is 13.2 Å². The zero-order valence-corrected chi connectivity index (χ0v) is 16.0. The summed E-state index contributed by atoms with van der Waals surface area (Å²) in [6, 6.07) is 9.70. The third-order valence-corrected chi connectivity index (χ3v) is 6.33. The second-order valence-electron chi connectivity index (χ2n) is 6.40. The molecule has 2 aromatic rings. The van der Waals surface area contributed by atoms with Crippen LogP contribution in [0, 0.1) is 24.0 Å². The molecule has 0 saturated carbocycles. The van der Waals surface area contributed by atoms with Crippen LogP contribution in [0.15, 0.2) is 41.3 Å². The number of rotatable bonds is 5. The Morgan fingerprint density at radius 3 is 2.44 bits per heavy atom. The van der Waals surface area contributed by atoms with Gasteiger partial charge in [-0.05, 0) is 43.2 Å². The summed E-state index contributed by atoms with van der Waals surface area (Å²) in [5.41, 5.74) is 2.64. The van der Waals surface area contributed by atoms with E-state index in [4.69, 9.17) is 4.74 Å². The quantitative estimate of drug-likeness (QED) is 0.621. The van der Waals surface area contributed by atoms with Crippen molar-refractivity contribution in [1.82, 2.24) is 4.31 Å². The molecule has 1 N–H and O–H groups in total. The average Bonchev–Trinajstić information content (AvgIpc) is 2.65. The van der Waals surface area contributed by atoms with E-state index in [1.807, 2.05) is 32.0 Å². The number of anilines is 2. The molecule has 0 amide bonds. The number of nitrogens with one attached hydrogen (secondary N) is 1. The summed E-state index contributed by atoms with van der Waals surface area (Å²) < 4.78 is 32.0. The minimum absolute atomic E-state index is 0.0948. The zero-order chi connectivity index (χ0) is 19.6. The van der Waals surface area contributed by atoms with Gasteiger partial charge in [0.15, 0.2) is 0 Å². The first-order valence-corrected chi connectivity index (χ1v) is 9.93. The first kappa shape index (κ1) is 19.3. The minimum Gasteiger partial charge on any atom is -0.379 e. The lowest BCUT2D eigenvalue weighted by molar-refractivity contribution is -0.384. The van der Waals surface area contributed by atoms with Crippen LogP contribution in [0.3, 0.4) is 0 Å². The van der Waals surface area contributed by atoms with Crippen molar-refractivity contribution in [2.75, 3.05) is 31.6 Å². The molecule has 0 aromatic heterocycles. The van der Waals surface area contributed by atoms with Crippen LogP contribution in [0.1, 0.15) is 11.1 Å². The van der Waals surface area contributed by atoms with Crippen LogP contribution in [-0.2, 0) is 14.8 Å². The fraction of sp³-hybridized carbons (Fsp3) is 0.333. The molecule has 1 heterocycles. The van der Waals surface area contributed by atoms with E-state index in [2.05, 4.69) is 5.32 Å². The van der Waals surface area contributed by atoms with E-state index in [0.717, 1.165) is 22.9 Å². The van der Waals surface area contributed by atoms with Crippen LogP contribution in [-0.4, -0.2) is 43.9 Å². The van der Waals surface area contributed by atoms with Crippen molar-refractivity contribution in [3.63, 3.8) is 0 Å². The predicted molar refractivity (Wildman–Crippen MR) is 102 cm³/mol. The SMILES string of the molecule is Cc1ccc(C)c(Nc2ccc(S(=O)(=O)N3CCOCC3)cc2[N+](=O)[O-])c1. The Morgan fingerprint density at radius 1 is 1.07 bits per heavy atom. The lowest BCUT2D eigenvalue weighted by Crippen LogP contribution is -2.40. The van der Waals surface area contributed by atoms with E-state index in [1.54, 1.807) is 0 Å². The Hall–Kier alpha value is -2.49. The Labute approximate surface area is 158 Å². The number of ether oxygens (including phenoxy) is 1. The lowest BCUT2D eigenvalue weighted by Gasteiger charge is -2.26. The van der Waals surface area contributed by atoms with Crippen molar-refractivity contribution >= 4 is 27.1 Å². The number of nitro groups is 1. The van der Waals surface area contributed by atoms with E-state index in [-0.39, 0.29) is 29.4 Å². The molecule has 1 aliphatic rings. The number of sulfonamides is 1. The van der Waals surface area contributed by atoms with Crippen LogP contribution in [0.2, 0.25) is 0 Å². The van der Waals surface area contributed by atoms with Gasteiger partial charge in [-0.25, -0.2) is 8.42 Å². The smallest absolute Gasteiger partial charge is 0.294 e. The number of hydrogen-bond donors (Lipinski definition) is 1. The topological polar surface area (TPSA) is 102 Å². The highest BCUT2D eigenvalue weighted by molar-refractivity contribution is 7.89. The van der Waals surface area contributed by atoms with Gasteiger partial charge in [-0.15, -0.1) is 0 Å². The number of morpholine rings is 1. The van der Waals surface area contributed by atoms with Crippen molar-refractivity contribution in [3.05, 3.63) is 57.6 Å². The maximum Gasteiger partial charge on any atom is 0.294 e. The van der Waals surface area contributed by atoms with Crippen molar-refractivity contribution in [2.45, 2.75) is 18.7 Å². The molecule has 144 valence electrons. The van der Waals surface area contributed by atoms with Crippen LogP contribution in [0.25, 0.3) is 0 Å². The molecule has 1 saturated heterocycles. The minimum atomic E-state index is -3.80. The second kappa shape index (κ2) is 7.63. The molecule has 0 atom stereocenters. The van der Waals surface area contributed by atoms with Gasteiger partial charge in [0.05, 0.1) is 23.0 Å². The molecule has 3 rings (SSSR count). The lowest BCUT2D eigenvalue weighted by atomic mass is 10.1. The molecule has 8 nitrogen and oxygen atoms in total. The van der Waals surface area contributed by atoms with Crippen molar-refractivity contribution < 1.29 is 18.1 Å². The second-order valence-corrected chi connectivity index (χ2v) is 8.33. The van der Waals surface area contributed by atoms with Gasteiger partial charge in [0.2, 0.25) is 10.0 Å². The van der Waals surface area contributed by atoms with E-state index >= 15 is 0 Å². The van der Waals surface area contributed by atoms with Crippen molar-refractivity contribution in [1.29, 1.82) is 0 Å². The summed E-state index contributed by atoms with van der Waals surface area (Å²) in [7, 11) is -3.80. The molecule has 1 fully saturated rings. The van der Waals surface area contributed by atoms with Gasteiger partial charge in [0.1, 0.15) is 5.69 Å². The van der Waals surface area contributed by atoms with Crippen LogP contribution >= 0.6 is 0 Å².